The van der Waals surface area contributed by atoms with Crippen molar-refractivity contribution in [3.05, 3.63) is 57.8 Å². The topological polar surface area (TPSA) is 15.3 Å². The van der Waals surface area contributed by atoms with Gasteiger partial charge in [-0.2, -0.15) is 0 Å². The summed E-state index contributed by atoms with van der Waals surface area (Å²) in [6.07, 6.45) is 0. The van der Waals surface area contributed by atoms with Gasteiger partial charge < -0.3 is 10.2 Å². The minimum absolute atomic E-state index is 0.113. The molecule has 2 rings (SSSR count). The molecular weight excluding hydrogens is 290 g/mol. The number of nitrogens with one attached hydrogen (secondary N) is 1. The fraction of sp³-hybridized carbons (Fsp3) is 0.375. The van der Waals surface area contributed by atoms with Crippen LogP contribution in [-0.2, 0) is 0 Å². The fourth-order valence-corrected chi connectivity index (χ4v) is 3.17. The summed E-state index contributed by atoms with van der Waals surface area (Å²) in [6.45, 7) is 2.63. The molecule has 2 aromatic rings. The molecule has 0 aliphatic rings. The molecule has 0 saturated carbocycles. The first kappa shape index (κ1) is 16.1. The van der Waals surface area contributed by atoms with Crippen LogP contribution in [0.2, 0.25) is 0 Å². The van der Waals surface area contributed by atoms with E-state index in [4.69, 9.17) is 0 Å². The Morgan fingerprint density at radius 3 is 2.38 bits per heavy atom. The van der Waals surface area contributed by atoms with Crippen LogP contribution in [0.5, 0.6) is 0 Å². The largest absolute Gasteiger partial charge is 0.308 e. The minimum atomic E-state index is -0.541. The van der Waals surface area contributed by atoms with Gasteiger partial charge >= 0.3 is 0 Å². The summed E-state index contributed by atoms with van der Waals surface area (Å²) < 4.78 is 26.5. The number of halogens is 2. The van der Waals surface area contributed by atoms with Crippen molar-refractivity contribution in [3.63, 3.8) is 0 Å². The van der Waals surface area contributed by atoms with Gasteiger partial charge in [0.05, 0.1) is 6.04 Å². The molecule has 1 N–H and O–H groups in total. The van der Waals surface area contributed by atoms with Crippen molar-refractivity contribution in [1.29, 1.82) is 0 Å². The molecule has 0 bridgehead atoms. The molecule has 0 aliphatic heterocycles. The first-order chi connectivity index (χ1) is 9.97. The highest BCUT2D eigenvalue weighted by molar-refractivity contribution is 7.10. The second kappa shape index (κ2) is 7.11. The van der Waals surface area contributed by atoms with Gasteiger partial charge in [0.25, 0.3) is 0 Å². The first-order valence-electron chi connectivity index (χ1n) is 6.86. The van der Waals surface area contributed by atoms with Crippen LogP contribution >= 0.6 is 11.3 Å². The van der Waals surface area contributed by atoms with E-state index in [1.165, 1.54) is 17.0 Å². The monoisotopic (exact) mass is 310 g/mol. The molecule has 114 valence electrons. The number of benzene rings is 1. The number of hydrogen-bond donors (Lipinski definition) is 1. The fourth-order valence-electron chi connectivity index (χ4n) is 2.25. The third kappa shape index (κ3) is 4.33. The summed E-state index contributed by atoms with van der Waals surface area (Å²) in [5.41, 5.74) is 0.621. The number of nitrogens with zero attached hydrogens (tertiary/aromatic N) is 1. The first-order valence-corrected chi connectivity index (χ1v) is 7.74. The Hall–Kier alpha value is -1.30. The molecule has 0 fully saturated rings. The number of thiophene rings is 1. The van der Waals surface area contributed by atoms with Crippen LogP contribution in [-0.4, -0.2) is 25.5 Å². The van der Waals surface area contributed by atoms with Crippen molar-refractivity contribution in [2.24, 2.45) is 0 Å². The average Bonchev–Trinajstić information content (AvgIpc) is 2.91. The van der Waals surface area contributed by atoms with Gasteiger partial charge in [-0.15, -0.1) is 11.3 Å². The maximum atomic E-state index is 13.3. The Kier molecular flexibility index (Phi) is 5.45. The molecule has 5 heteroatoms. The standard InChI is InChI=1S/C16H20F2N2S/c1-11(12-7-13(17)9-14(18)8-12)19-10-15(20(2)3)16-5-4-6-21-16/h4-9,11,15,19H,10H2,1-3H3. The van der Waals surface area contributed by atoms with Crippen LogP contribution in [0.3, 0.4) is 0 Å². The number of rotatable bonds is 6. The van der Waals surface area contributed by atoms with Gasteiger partial charge in [-0.3, -0.25) is 0 Å². The molecule has 2 nitrogen and oxygen atoms in total. The van der Waals surface area contributed by atoms with Gasteiger partial charge in [0.1, 0.15) is 11.6 Å². The third-order valence-electron chi connectivity index (χ3n) is 3.50. The Morgan fingerprint density at radius 1 is 1.19 bits per heavy atom. The van der Waals surface area contributed by atoms with E-state index in [-0.39, 0.29) is 12.1 Å². The predicted molar refractivity (Wildman–Crippen MR) is 83.5 cm³/mol. The van der Waals surface area contributed by atoms with Crippen LogP contribution in [0.4, 0.5) is 8.78 Å². The van der Waals surface area contributed by atoms with Crippen LogP contribution in [0, 0.1) is 11.6 Å². The van der Waals surface area contributed by atoms with Crippen molar-refractivity contribution in [3.8, 4) is 0 Å². The van der Waals surface area contributed by atoms with Crippen molar-refractivity contribution in [2.75, 3.05) is 20.6 Å². The van der Waals surface area contributed by atoms with Crippen LogP contribution in [0.25, 0.3) is 0 Å². The Bertz CT molecular complexity index is 549. The van der Waals surface area contributed by atoms with Gasteiger partial charge in [-0.25, -0.2) is 8.78 Å². The summed E-state index contributed by atoms with van der Waals surface area (Å²) in [7, 11) is 4.05. The quantitative estimate of drug-likeness (QED) is 0.868. The van der Waals surface area contributed by atoms with E-state index in [9.17, 15) is 8.78 Å². The van der Waals surface area contributed by atoms with Gasteiger partial charge in [-0.05, 0) is 50.2 Å². The van der Waals surface area contributed by atoms with Crippen molar-refractivity contribution in [2.45, 2.75) is 19.0 Å². The Morgan fingerprint density at radius 2 is 1.86 bits per heavy atom. The van der Waals surface area contributed by atoms with Gasteiger partial charge in [0.15, 0.2) is 0 Å². The molecule has 0 amide bonds. The summed E-state index contributed by atoms with van der Waals surface area (Å²) in [6, 6.07) is 7.90. The normalized spacial score (nSPS) is 14.4. The molecule has 2 atom stereocenters. The summed E-state index contributed by atoms with van der Waals surface area (Å²) in [5.74, 6) is -1.08. The van der Waals surface area contributed by atoms with E-state index in [0.29, 0.717) is 12.1 Å². The van der Waals surface area contributed by atoms with Gasteiger partial charge in [-0.1, -0.05) is 6.07 Å². The second-order valence-electron chi connectivity index (χ2n) is 5.33. The van der Waals surface area contributed by atoms with Crippen LogP contribution in [0.1, 0.15) is 29.4 Å². The molecule has 0 aliphatic carbocycles. The zero-order chi connectivity index (χ0) is 15.4. The van der Waals surface area contributed by atoms with E-state index >= 15 is 0 Å². The lowest BCUT2D eigenvalue weighted by Gasteiger charge is -2.25. The van der Waals surface area contributed by atoms with Gasteiger partial charge in [0, 0.05) is 23.5 Å². The summed E-state index contributed by atoms with van der Waals surface area (Å²) in [4.78, 5) is 3.41. The molecular formula is C16H20F2N2S. The molecule has 0 saturated heterocycles. The lowest BCUT2D eigenvalue weighted by Crippen LogP contribution is -2.32. The zero-order valence-corrected chi connectivity index (χ0v) is 13.3. The third-order valence-corrected chi connectivity index (χ3v) is 4.47. The summed E-state index contributed by atoms with van der Waals surface area (Å²) >= 11 is 1.71. The molecule has 2 unspecified atom stereocenters. The Balaban J connectivity index is 2.03. The van der Waals surface area contributed by atoms with E-state index < -0.39 is 11.6 Å². The molecule has 0 spiro atoms. The SMILES string of the molecule is CC(NCC(c1cccs1)N(C)C)c1cc(F)cc(F)c1. The van der Waals surface area contributed by atoms with E-state index in [0.717, 1.165) is 6.07 Å². The van der Waals surface area contributed by atoms with Crippen molar-refractivity contribution < 1.29 is 8.78 Å². The summed E-state index contributed by atoms with van der Waals surface area (Å²) in [5, 5.41) is 5.41. The Labute approximate surface area is 128 Å². The van der Waals surface area contributed by atoms with Gasteiger partial charge in [0.2, 0.25) is 0 Å². The lowest BCUT2D eigenvalue weighted by molar-refractivity contribution is 0.285. The van der Waals surface area contributed by atoms with E-state index in [1.807, 2.05) is 27.1 Å². The lowest BCUT2D eigenvalue weighted by atomic mass is 10.1. The minimum Gasteiger partial charge on any atom is -0.308 e. The predicted octanol–water partition coefficient (Wildman–Crippen LogP) is 3.98. The maximum absolute atomic E-state index is 13.3. The molecule has 1 aromatic carbocycles. The maximum Gasteiger partial charge on any atom is 0.126 e. The average molecular weight is 310 g/mol. The van der Waals surface area contributed by atoms with Crippen molar-refractivity contribution in [1.82, 2.24) is 10.2 Å². The van der Waals surface area contributed by atoms with Crippen molar-refractivity contribution >= 4 is 11.3 Å². The van der Waals surface area contributed by atoms with Crippen LogP contribution in [0.15, 0.2) is 35.7 Å². The highest BCUT2D eigenvalue weighted by Gasteiger charge is 2.17. The van der Waals surface area contributed by atoms with E-state index in [1.54, 1.807) is 11.3 Å². The highest BCUT2D eigenvalue weighted by atomic mass is 32.1. The smallest absolute Gasteiger partial charge is 0.126 e. The molecule has 0 radical (unpaired) electrons. The highest BCUT2D eigenvalue weighted by Crippen LogP contribution is 2.24. The second-order valence-corrected chi connectivity index (χ2v) is 6.31. The molecule has 21 heavy (non-hydrogen) atoms. The van der Waals surface area contributed by atoms with E-state index in [2.05, 4.69) is 21.7 Å². The number of hydrogen-bond acceptors (Lipinski definition) is 3. The van der Waals surface area contributed by atoms with Crippen LogP contribution < -0.4 is 5.32 Å². The zero-order valence-electron chi connectivity index (χ0n) is 12.4. The molecule has 1 heterocycles. The number of likely N-dealkylation sites (N-methyl/N-ethyl adjacent to an activating group) is 1. The molecule has 1 aromatic heterocycles.